The Kier molecular flexibility index (Phi) is 5.40. The van der Waals surface area contributed by atoms with Gasteiger partial charge in [-0.1, -0.05) is 60.7 Å². The van der Waals surface area contributed by atoms with Crippen molar-refractivity contribution in [1.82, 2.24) is 24.9 Å². The van der Waals surface area contributed by atoms with Crippen LogP contribution in [0.2, 0.25) is 0 Å². The van der Waals surface area contributed by atoms with Crippen LogP contribution in [-0.4, -0.2) is 26.1 Å². The Hall–Kier alpha value is -3.87. The van der Waals surface area contributed by atoms with Crippen LogP contribution in [0.25, 0.3) is 38.9 Å². The lowest BCUT2D eigenvalue weighted by molar-refractivity contribution is 0.253. The van der Waals surface area contributed by atoms with Gasteiger partial charge < -0.3 is 11.1 Å². The van der Waals surface area contributed by atoms with Gasteiger partial charge in [0.25, 0.3) is 0 Å². The van der Waals surface area contributed by atoms with Gasteiger partial charge in [-0.15, -0.1) is 16.8 Å². The Labute approximate surface area is 204 Å². The maximum Gasteiger partial charge on any atom is 0.170 e. The van der Waals surface area contributed by atoms with Crippen molar-refractivity contribution in [3.8, 4) is 22.4 Å². The minimum atomic E-state index is -0.172. The van der Waals surface area contributed by atoms with E-state index in [2.05, 4.69) is 76.7 Å². The molecule has 0 atom stereocenters. The van der Waals surface area contributed by atoms with E-state index in [4.69, 9.17) is 10.7 Å². The fourth-order valence-corrected chi connectivity index (χ4v) is 4.91. The number of aromatic nitrogens is 4. The molecular weight excluding hydrogens is 432 g/mol. The molecule has 6 rings (SSSR count). The highest BCUT2D eigenvalue weighted by Gasteiger charge is 2.34. The molecule has 0 saturated heterocycles. The van der Waals surface area contributed by atoms with E-state index in [-0.39, 0.29) is 5.54 Å². The molecular formula is C29H28N6. The van der Waals surface area contributed by atoms with Crippen LogP contribution >= 0.6 is 0 Å². The van der Waals surface area contributed by atoms with Gasteiger partial charge in [0.2, 0.25) is 0 Å². The van der Waals surface area contributed by atoms with Crippen molar-refractivity contribution in [2.45, 2.75) is 31.3 Å². The van der Waals surface area contributed by atoms with E-state index in [1.54, 1.807) is 0 Å². The number of hydrogen-bond acceptors (Lipinski definition) is 5. The first kappa shape index (κ1) is 21.6. The van der Waals surface area contributed by atoms with E-state index in [0.29, 0.717) is 6.54 Å². The highest BCUT2D eigenvalue weighted by molar-refractivity contribution is 5.98. The van der Waals surface area contributed by atoms with Crippen LogP contribution in [0.1, 0.15) is 30.7 Å². The molecule has 3 heterocycles. The predicted octanol–water partition coefficient (Wildman–Crippen LogP) is 5.23. The zero-order chi connectivity index (χ0) is 23.8. The van der Waals surface area contributed by atoms with Crippen LogP contribution in [0.5, 0.6) is 0 Å². The van der Waals surface area contributed by atoms with E-state index in [1.165, 1.54) is 12.0 Å². The molecule has 0 spiro atoms. The molecule has 35 heavy (non-hydrogen) atoms. The summed E-state index contributed by atoms with van der Waals surface area (Å²) in [4.78, 5) is 5.14. The third kappa shape index (κ3) is 3.81. The Balaban J connectivity index is 1.50. The monoisotopic (exact) mass is 460 g/mol. The van der Waals surface area contributed by atoms with Gasteiger partial charge >= 0.3 is 0 Å². The summed E-state index contributed by atoms with van der Waals surface area (Å²) in [5.74, 6) is 0.858. The van der Waals surface area contributed by atoms with E-state index in [1.807, 2.05) is 28.8 Å². The summed E-state index contributed by atoms with van der Waals surface area (Å²) in [6.07, 6.45) is 7.14. The van der Waals surface area contributed by atoms with Crippen molar-refractivity contribution in [1.29, 1.82) is 0 Å². The number of nitrogens with one attached hydrogen (secondary N) is 1. The minimum Gasteiger partial charge on any atom is -0.321 e. The van der Waals surface area contributed by atoms with Crippen LogP contribution in [0, 0.1) is 0 Å². The normalized spacial score (nSPS) is 14.8. The SMILES string of the molecule is C=CCNCc1nnc2c3cc(-c4ccccc4)c(-c4ccc(C5(N)CCC5)cc4)nc3ccn12. The predicted molar refractivity (Wildman–Crippen MR) is 141 cm³/mol. The van der Waals surface area contributed by atoms with Crippen molar-refractivity contribution in [3.63, 3.8) is 0 Å². The second-order valence-electron chi connectivity index (χ2n) is 9.32. The average molecular weight is 461 g/mol. The molecule has 0 amide bonds. The fourth-order valence-electron chi connectivity index (χ4n) is 4.91. The van der Waals surface area contributed by atoms with Crippen molar-refractivity contribution in [3.05, 3.63) is 97.0 Å². The molecule has 0 radical (unpaired) electrons. The maximum atomic E-state index is 6.56. The van der Waals surface area contributed by atoms with Crippen molar-refractivity contribution in [2.24, 2.45) is 5.73 Å². The van der Waals surface area contributed by atoms with Gasteiger partial charge in [0, 0.05) is 34.8 Å². The smallest absolute Gasteiger partial charge is 0.170 e. The highest BCUT2D eigenvalue weighted by Crippen LogP contribution is 2.40. The van der Waals surface area contributed by atoms with Crippen LogP contribution in [-0.2, 0) is 12.1 Å². The van der Waals surface area contributed by atoms with Gasteiger partial charge in [-0.2, -0.15) is 0 Å². The molecule has 1 aliphatic rings. The first-order valence-corrected chi connectivity index (χ1v) is 12.1. The zero-order valence-corrected chi connectivity index (χ0v) is 19.6. The average Bonchev–Trinajstić information content (AvgIpc) is 3.31. The second-order valence-corrected chi connectivity index (χ2v) is 9.32. The number of pyridine rings is 2. The molecule has 0 bridgehead atoms. The van der Waals surface area contributed by atoms with Crippen LogP contribution in [0.15, 0.2) is 85.6 Å². The summed E-state index contributed by atoms with van der Waals surface area (Å²) in [5, 5.41) is 13.2. The molecule has 1 aliphatic carbocycles. The lowest BCUT2D eigenvalue weighted by atomic mass is 9.72. The molecule has 2 aromatic carbocycles. The first-order chi connectivity index (χ1) is 17.2. The summed E-state index contributed by atoms with van der Waals surface area (Å²) in [6, 6.07) is 23.3. The highest BCUT2D eigenvalue weighted by atomic mass is 15.3. The molecule has 1 saturated carbocycles. The van der Waals surface area contributed by atoms with Gasteiger partial charge in [-0.25, -0.2) is 4.98 Å². The van der Waals surface area contributed by atoms with E-state index in [9.17, 15) is 0 Å². The Morgan fingerprint density at radius 2 is 1.80 bits per heavy atom. The van der Waals surface area contributed by atoms with Crippen molar-refractivity contribution < 1.29 is 0 Å². The van der Waals surface area contributed by atoms with E-state index in [0.717, 1.165) is 64.1 Å². The Morgan fingerprint density at radius 3 is 2.51 bits per heavy atom. The quantitative estimate of drug-likeness (QED) is 0.257. The summed E-state index contributed by atoms with van der Waals surface area (Å²) in [6.45, 7) is 5.09. The summed E-state index contributed by atoms with van der Waals surface area (Å²) >= 11 is 0. The first-order valence-electron chi connectivity index (χ1n) is 12.1. The summed E-state index contributed by atoms with van der Waals surface area (Å²) in [5.41, 5.74) is 13.5. The van der Waals surface area contributed by atoms with Crippen LogP contribution < -0.4 is 11.1 Å². The zero-order valence-electron chi connectivity index (χ0n) is 19.6. The van der Waals surface area contributed by atoms with Crippen molar-refractivity contribution >= 4 is 16.6 Å². The van der Waals surface area contributed by atoms with Crippen molar-refractivity contribution in [2.75, 3.05) is 6.54 Å². The molecule has 6 heteroatoms. The van der Waals surface area contributed by atoms with Gasteiger partial charge in [-0.05, 0) is 42.5 Å². The topological polar surface area (TPSA) is 81.1 Å². The van der Waals surface area contributed by atoms with Gasteiger partial charge in [0.1, 0.15) is 0 Å². The largest absolute Gasteiger partial charge is 0.321 e. The lowest BCUT2D eigenvalue weighted by Gasteiger charge is -2.38. The van der Waals surface area contributed by atoms with Gasteiger partial charge in [0.05, 0.1) is 17.8 Å². The number of fused-ring (bicyclic) bond motifs is 3. The number of nitrogens with two attached hydrogens (primary N) is 1. The number of hydrogen-bond donors (Lipinski definition) is 2. The van der Waals surface area contributed by atoms with E-state index < -0.39 is 0 Å². The standard InChI is InChI=1S/C29H28N6/c1-2-16-31-19-26-33-34-28-24-18-23(20-7-4-3-5-8-20)27(32-25(24)13-17-35(26)28)21-9-11-22(12-10-21)29(30)14-6-15-29/h2-5,7-13,17-18,31H,1,6,14-16,19,30H2. The number of nitrogens with zero attached hydrogens (tertiary/aromatic N) is 4. The van der Waals surface area contributed by atoms with Crippen LogP contribution in [0.3, 0.4) is 0 Å². The third-order valence-corrected chi connectivity index (χ3v) is 7.08. The maximum absolute atomic E-state index is 6.56. The number of benzene rings is 2. The second kappa shape index (κ2) is 8.73. The Bertz CT molecular complexity index is 1510. The molecule has 3 aromatic heterocycles. The fraction of sp³-hybridized carbons (Fsp3) is 0.207. The lowest BCUT2D eigenvalue weighted by Crippen LogP contribution is -2.43. The summed E-state index contributed by atoms with van der Waals surface area (Å²) in [7, 11) is 0. The molecule has 0 aliphatic heterocycles. The molecule has 174 valence electrons. The van der Waals surface area contributed by atoms with Gasteiger partial charge in [0.15, 0.2) is 11.5 Å². The molecule has 3 N–H and O–H groups in total. The van der Waals surface area contributed by atoms with Gasteiger partial charge in [-0.3, -0.25) is 4.40 Å². The third-order valence-electron chi connectivity index (χ3n) is 7.08. The Morgan fingerprint density at radius 1 is 1.00 bits per heavy atom. The molecule has 6 nitrogen and oxygen atoms in total. The summed E-state index contributed by atoms with van der Waals surface area (Å²) < 4.78 is 2.03. The minimum absolute atomic E-state index is 0.172. The number of rotatable bonds is 7. The molecule has 5 aromatic rings. The molecule has 0 unspecified atom stereocenters. The van der Waals surface area contributed by atoms with Crippen LogP contribution in [0.4, 0.5) is 0 Å². The molecule has 1 fully saturated rings. The van der Waals surface area contributed by atoms with E-state index >= 15 is 0 Å².